The number of thioether (sulfide) groups is 1. The molecule has 0 spiro atoms. The highest BCUT2D eigenvalue weighted by atomic mass is 32.2. The summed E-state index contributed by atoms with van der Waals surface area (Å²) in [7, 11) is 0. The third kappa shape index (κ3) is 2.69. The number of carboxylic acids is 1. The predicted molar refractivity (Wildman–Crippen MR) is 77.9 cm³/mol. The van der Waals surface area contributed by atoms with Crippen LogP contribution in [0.15, 0.2) is 33.7 Å². The van der Waals surface area contributed by atoms with Gasteiger partial charge in [0.2, 0.25) is 0 Å². The molecule has 0 aliphatic carbocycles. The second-order valence-electron chi connectivity index (χ2n) is 4.30. The molecule has 2 amide bonds. The molecule has 7 nitrogen and oxygen atoms in total. The quantitative estimate of drug-likeness (QED) is 0.817. The Morgan fingerprint density at radius 1 is 1.52 bits per heavy atom. The molecule has 1 aromatic heterocycles. The molecule has 0 aromatic carbocycles. The average molecular weight is 323 g/mol. The van der Waals surface area contributed by atoms with E-state index in [2.05, 4.69) is 10.4 Å². The molecule has 108 valence electrons. The van der Waals surface area contributed by atoms with Gasteiger partial charge in [0.25, 0.3) is 11.1 Å². The summed E-state index contributed by atoms with van der Waals surface area (Å²) in [5.41, 5.74) is 0.656. The molecule has 2 N–H and O–H groups in total. The van der Waals surface area contributed by atoms with Gasteiger partial charge in [-0.2, -0.15) is 5.10 Å². The molecule has 1 unspecified atom stereocenters. The highest BCUT2D eigenvalue weighted by Gasteiger charge is 2.34. The Morgan fingerprint density at radius 3 is 2.90 bits per heavy atom. The fourth-order valence-corrected chi connectivity index (χ4v) is 3.34. The molecule has 21 heavy (non-hydrogen) atoms. The van der Waals surface area contributed by atoms with Crippen molar-refractivity contribution in [3.63, 3.8) is 0 Å². The van der Waals surface area contributed by atoms with E-state index in [4.69, 9.17) is 0 Å². The molecule has 0 radical (unpaired) electrons. The lowest BCUT2D eigenvalue weighted by atomic mass is 10.1. The van der Waals surface area contributed by atoms with Gasteiger partial charge in [-0.15, -0.1) is 11.3 Å². The molecule has 3 rings (SSSR count). The van der Waals surface area contributed by atoms with Crippen molar-refractivity contribution in [2.24, 2.45) is 5.10 Å². The smallest absolute Gasteiger partial charge is 0.328 e. The summed E-state index contributed by atoms with van der Waals surface area (Å²) >= 11 is 2.20. The van der Waals surface area contributed by atoms with Gasteiger partial charge in [0, 0.05) is 12.6 Å². The molecule has 1 atom stereocenters. The van der Waals surface area contributed by atoms with Crippen molar-refractivity contribution in [3.05, 3.63) is 33.5 Å². The number of carboxylic acid groups (broad SMARTS) is 1. The van der Waals surface area contributed by atoms with Crippen molar-refractivity contribution in [1.29, 1.82) is 0 Å². The first-order valence-corrected chi connectivity index (χ1v) is 7.61. The normalized spacial score (nSPS) is 23.6. The number of amides is 2. The number of nitrogens with one attached hydrogen (secondary N) is 1. The molecule has 2 aliphatic rings. The molecular weight excluding hydrogens is 314 g/mol. The highest BCUT2D eigenvalue weighted by molar-refractivity contribution is 8.18. The van der Waals surface area contributed by atoms with Crippen molar-refractivity contribution >= 4 is 45.9 Å². The zero-order valence-corrected chi connectivity index (χ0v) is 12.1. The monoisotopic (exact) mass is 323 g/mol. The number of hydrogen-bond acceptors (Lipinski definition) is 7. The number of hydrogen-bond donors (Lipinski definition) is 2. The van der Waals surface area contributed by atoms with E-state index in [1.165, 1.54) is 22.5 Å². The Balaban J connectivity index is 1.90. The van der Waals surface area contributed by atoms with E-state index >= 15 is 0 Å². The molecular formula is C12H9N3O4S2. The Labute approximate surface area is 127 Å². The number of carbonyl (C=O) groups excluding carboxylic acids is 2. The number of nitrogens with zero attached hydrogens (tertiary/aromatic N) is 2. The molecule has 3 heterocycles. The van der Waals surface area contributed by atoms with Crippen molar-refractivity contribution in [1.82, 2.24) is 10.3 Å². The van der Waals surface area contributed by atoms with Crippen molar-refractivity contribution < 1.29 is 19.5 Å². The van der Waals surface area contributed by atoms with Gasteiger partial charge in [0.1, 0.15) is 4.91 Å². The molecule has 0 saturated carbocycles. The Bertz CT molecular complexity index is 681. The average Bonchev–Trinajstić information content (AvgIpc) is 3.11. The van der Waals surface area contributed by atoms with E-state index in [1.807, 2.05) is 17.5 Å². The summed E-state index contributed by atoms with van der Waals surface area (Å²) in [6.07, 6.45) is 1.56. The number of carbonyl (C=O) groups is 3. The van der Waals surface area contributed by atoms with E-state index < -0.39 is 23.2 Å². The topological polar surface area (TPSA) is 99.1 Å². The standard InChI is InChI=1S/C12H9N3O4S2/c16-10-9(21-12(19)13-10)5-15-7(11(17)18)4-6(14-15)8-2-1-3-20-8/h1-3,5,7H,4H2,(H,17,18)(H,13,16,19)/b9-5-. The third-order valence-corrected chi connectivity index (χ3v) is 4.64. The van der Waals surface area contributed by atoms with Gasteiger partial charge in [-0.05, 0) is 23.2 Å². The first-order chi connectivity index (χ1) is 10.0. The maximum atomic E-state index is 11.5. The largest absolute Gasteiger partial charge is 0.480 e. The summed E-state index contributed by atoms with van der Waals surface area (Å²) in [5.74, 6) is -1.56. The first-order valence-electron chi connectivity index (χ1n) is 5.92. The van der Waals surface area contributed by atoms with Crippen LogP contribution in [0.2, 0.25) is 0 Å². The van der Waals surface area contributed by atoms with Crippen LogP contribution in [0.1, 0.15) is 11.3 Å². The van der Waals surface area contributed by atoms with Gasteiger partial charge in [-0.3, -0.25) is 19.9 Å². The lowest BCUT2D eigenvalue weighted by molar-refractivity contribution is -0.141. The van der Waals surface area contributed by atoms with Crippen molar-refractivity contribution in [2.45, 2.75) is 12.5 Å². The zero-order valence-electron chi connectivity index (χ0n) is 10.5. The van der Waals surface area contributed by atoms with E-state index in [1.54, 1.807) is 0 Å². The van der Waals surface area contributed by atoms with Crippen LogP contribution < -0.4 is 5.32 Å². The number of aliphatic carboxylic acids is 1. The maximum Gasteiger partial charge on any atom is 0.328 e. The number of rotatable bonds is 3. The van der Waals surface area contributed by atoms with Gasteiger partial charge < -0.3 is 5.11 Å². The number of hydrazone groups is 1. The van der Waals surface area contributed by atoms with E-state index in [0.29, 0.717) is 5.71 Å². The van der Waals surface area contributed by atoms with Gasteiger partial charge in [-0.1, -0.05) is 6.07 Å². The summed E-state index contributed by atoms with van der Waals surface area (Å²) in [5, 5.41) is 18.3. The van der Waals surface area contributed by atoms with Crippen LogP contribution >= 0.6 is 23.1 Å². The van der Waals surface area contributed by atoms with E-state index in [0.717, 1.165) is 16.6 Å². The summed E-state index contributed by atoms with van der Waals surface area (Å²) < 4.78 is 0. The van der Waals surface area contributed by atoms with Crippen LogP contribution in [0.4, 0.5) is 4.79 Å². The van der Waals surface area contributed by atoms with Gasteiger partial charge in [0.15, 0.2) is 6.04 Å². The molecule has 0 bridgehead atoms. The lowest BCUT2D eigenvalue weighted by Crippen LogP contribution is -2.31. The first kappa shape index (κ1) is 13.8. The van der Waals surface area contributed by atoms with Gasteiger partial charge in [-0.25, -0.2) is 4.79 Å². The fourth-order valence-electron chi connectivity index (χ4n) is 1.97. The molecule has 1 fully saturated rings. The van der Waals surface area contributed by atoms with Crippen LogP contribution in [0.5, 0.6) is 0 Å². The van der Waals surface area contributed by atoms with Crippen molar-refractivity contribution in [2.75, 3.05) is 0 Å². The Morgan fingerprint density at radius 2 is 2.33 bits per heavy atom. The lowest BCUT2D eigenvalue weighted by Gasteiger charge is -2.15. The van der Waals surface area contributed by atoms with Crippen LogP contribution in [-0.4, -0.2) is 39.0 Å². The van der Waals surface area contributed by atoms with Gasteiger partial charge >= 0.3 is 5.97 Å². The molecule has 1 saturated heterocycles. The number of thiophene rings is 1. The Hall–Kier alpha value is -2.13. The Kier molecular flexibility index (Phi) is 3.52. The maximum absolute atomic E-state index is 11.5. The fraction of sp³-hybridized carbons (Fsp3) is 0.167. The van der Waals surface area contributed by atoms with E-state index in [9.17, 15) is 19.5 Å². The summed E-state index contributed by atoms with van der Waals surface area (Å²) in [4.78, 5) is 35.0. The second-order valence-corrected chi connectivity index (χ2v) is 6.26. The summed E-state index contributed by atoms with van der Waals surface area (Å²) in [6.45, 7) is 0. The summed E-state index contributed by atoms with van der Waals surface area (Å²) in [6, 6.07) is 2.84. The number of imide groups is 1. The minimum atomic E-state index is -1.03. The van der Waals surface area contributed by atoms with Crippen LogP contribution in [0.25, 0.3) is 0 Å². The van der Waals surface area contributed by atoms with Crippen LogP contribution in [-0.2, 0) is 9.59 Å². The zero-order chi connectivity index (χ0) is 15.0. The van der Waals surface area contributed by atoms with Crippen LogP contribution in [0, 0.1) is 0 Å². The highest BCUT2D eigenvalue weighted by Crippen LogP contribution is 2.28. The predicted octanol–water partition coefficient (Wildman–Crippen LogP) is 1.44. The minimum absolute atomic E-state index is 0.141. The van der Waals surface area contributed by atoms with Crippen molar-refractivity contribution in [3.8, 4) is 0 Å². The van der Waals surface area contributed by atoms with E-state index in [-0.39, 0.29) is 11.3 Å². The third-order valence-electron chi connectivity index (χ3n) is 2.92. The minimum Gasteiger partial charge on any atom is -0.480 e. The van der Waals surface area contributed by atoms with Crippen LogP contribution in [0.3, 0.4) is 0 Å². The second kappa shape index (κ2) is 5.34. The van der Waals surface area contributed by atoms with Gasteiger partial charge in [0.05, 0.1) is 10.6 Å². The molecule has 9 heteroatoms. The molecule has 2 aliphatic heterocycles. The molecule has 1 aromatic rings. The SMILES string of the molecule is O=C1NC(=O)/C(=C/N2N=C(c3cccs3)CC2C(=O)O)S1.